The fourth-order valence-corrected chi connectivity index (χ4v) is 19.4. The first-order valence-electron chi connectivity index (χ1n) is 34.7. The van der Waals surface area contributed by atoms with Gasteiger partial charge in [0, 0.05) is 61.7 Å². The molecule has 7 rings (SSSR count). The number of Topliss-reactive ketones (excluding diaryl/α,β-unsaturated/α-hetero) is 5. The number of esters is 1. The van der Waals surface area contributed by atoms with E-state index in [0.717, 1.165) is 166 Å². The monoisotopic (exact) mass is 1100 g/mol. The summed E-state index contributed by atoms with van der Waals surface area (Å²) in [6.45, 7) is 15.8. The second-order valence-electron chi connectivity index (χ2n) is 28.0. The van der Waals surface area contributed by atoms with E-state index in [1.54, 1.807) is 0 Å². The average molecular weight is 1110 g/mol. The molecule has 6 fully saturated rings. The molecule has 0 amide bonds. The van der Waals surface area contributed by atoms with Crippen molar-refractivity contribution in [1.29, 1.82) is 0 Å². The molecule has 0 aromatic heterocycles. The van der Waals surface area contributed by atoms with E-state index >= 15 is 4.79 Å². The maximum atomic E-state index is 15.0. The van der Waals surface area contributed by atoms with Gasteiger partial charge >= 0.3 is 5.97 Å². The van der Waals surface area contributed by atoms with Crippen LogP contribution in [0.2, 0.25) is 0 Å². The molecule has 0 spiro atoms. The molecule has 6 saturated carbocycles. The van der Waals surface area contributed by atoms with Gasteiger partial charge in [-0.25, -0.2) is 0 Å². The summed E-state index contributed by atoms with van der Waals surface area (Å²) < 4.78 is 5.92. The molecule has 0 saturated heterocycles. The van der Waals surface area contributed by atoms with Gasteiger partial charge in [-0.2, -0.15) is 0 Å². The summed E-state index contributed by atoms with van der Waals surface area (Å²) in [6, 6.07) is 9.90. The number of carbonyl (C=O) groups is 6. The molecule has 7 nitrogen and oxygen atoms in total. The molecule has 6 aliphatic rings. The van der Waals surface area contributed by atoms with Crippen LogP contribution in [0.4, 0.5) is 0 Å². The number of carbonyl (C=O) groups excluding carboxylic acids is 6. The lowest BCUT2D eigenvalue weighted by Gasteiger charge is -2.41. The molecule has 1 aromatic rings. The number of ketones is 5. The zero-order valence-electron chi connectivity index (χ0n) is 52.1. The van der Waals surface area contributed by atoms with E-state index in [4.69, 9.17) is 4.74 Å². The minimum absolute atomic E-state index is 0.00139. The number of hydrogen-bond donors (Lipinski definition) is 0. The highest BCUT2D eigenvalue weighted by Gasteiger charge is 2.45. The van der Waals surface area contributed by atoms with E-state index in [1.807, 2.05) is 30.3 Å². The highest BCUT2D eigenvalue weighted by atomic mass is 16.5. The second kappa shape index (κ2) is 32.9. The van der Waals surface area contributed by atoms with E-state index in [2.05, 4.69) is 48.5 Å². The van der Waals surface area contributed by atoms with Gasteiger partial charge in [0.05, 0.1) is 5.92 Å². The van der Waals surface area contributed by atoms with Crippen molar-refractivity contribution in [2.24, 2.45) is 107 Å². The Morgan fingerprint density at radius 2 is 0.600 bits per heavy atom. The Labute approximate surface area is 488 Å². The highest BCUT2D eigenvalue weighted by Crippen LogP contribution is 2.49. The normalized spacial score (nSPS) is 31.8. The van der Waals surface area contributed by atoms with Gasteiger partial charge in [0.15, 0.2) is 0 Å². The fourth-order valence-electron chi connectivity index (χ4n) is 19.4. The third-order valence-corrected chi connectivity index (χ3v) is 23.7. The summed E-state index contributed by atoms with van der Waals surface area (Å²) >= 11 is 0. The van der Waals surface area contributed by atoms with E-state index < -0.39 is 0 Å². The van der Waals surface area contributed by atoms with Crippen LogP contribution in [-0.2, 0) is 40.1 Å². The second-order valence-corrected chi connectivity index (χ2v) is 28.0. The molecular weight excluding hydrogens is 989 g/mol. The van der Waals surface area contributed by atoms with Crippen molar-refractivity contribution in [3.05, 3.63) is 35.9 Å². The summed E-state index contributed by atoms with van der Waals surface area (Å²) in [5.74, 6) is 5.06. The number of rotatable bonds is 30. The highest BCUT2D eigenvalue weighted by molar-refractivity contribution is 5.85. The van der Waals surface area contributed by atoms with Crippen molar-refractivity contribution >= 4 is 34.9 Å². The topological polar surface area (TPSA) is 112 Å². The molecule has 18 atom stereocenters. The van der Waals surface area contributed by atoms with Crippen LogP contribution < -0.4 is 0 Å². The van der Waals surface area contributed by atoms with Crippen LogP contribution in [0.5, 0.6) is 0 Å². The van der Waals surface area contributed by atoms with Crippen LogP contribution >= 0.6 is 0 Å². The Morgan fingerprint density at radius 3 is 0.887 bits per heavy atom. The Kier molecular flexibility index (Phi) is 26.6. The lowest BCUT2D eigenvalue weighted by atomic mass is 9.62. The first kappa shape index (κ1) is 64.6. The Bertz CT molecular complexity index is 2080. The lowest BCUT2D eigenvalue weighted by Crippen LogP contribution is -2.39. The molecule has 7 heteroatoms. The molecule has 450 valence electrons. The predicted octanol–water partition coefficient (Wildman–Crippen LogP) is 18.5. The molecule has 80 heavy (non-hydrogen) atoms. The van der Waals surface area contributed by atoms with Crippen molar-refractivity contribution in [2.75, 3.05) is 0 Å². The van der Waals surface area contributed by atoms with E-state index in [-0.39, 0.29) is 95.4 Å². The smallest absolute Gasteiger partial charge is 0.309 e. The minimum Gasteiger partial charge on any atom is -0.461 e. The van der Waals surface area contributed by atoms with Crippen LogP contribution in [0, 0.1) is 107 Å². The fraction of sp³-hybridized carbons (Fsp3) is 0.836. The van der Waals surface area contributed by atoms with Crippen LogP contribution in [0.15, 0.2) is 30.3 Å². The first-order valence-corrected chi connectivity index (χ1v) is 34.7. The number of benzene rings is 1. The van der Waals surface area contributed by atoms with Gasteiger partial charge in [-0.3, -0.25) is 28.8 Å². The van der Waals surface area contributed by atoms with Gasteiger partial charge in [0.25, 0.3) is 0 Å². The summed E-state index contributed by atoms with van der Waals surface area (Å²) in [4.78, 5) is 87.4. The molecule has 6 aliphatic carbocycles. The van der Waals surface area contributed by atoms with E-state index in [1.165, 1.54) is 32.1 Å². The van der Waals surface area contributed by atoms with Crippen molar-refractivity contribution in [3.8, 4) is 0 Å². The molecular formula is C73H116O7. The van der Waals surface area contributed by atoms with Gasteiger partial charge < -0.3 is 4.74 Å². The van der Waals surface area contributed by atoms with Gasteiger partial charge in [-0.05, 0) is 186 Å². The largest absolute Gasteiger partial charge is 0.461 e. The Balaban J connectivity index is 0.964. The van der Waals surface area contributed by atoms with Crippen LogP contribution in [0.1, 0.15) is 279 Å². The van der Waals surface area contributed by atoms with Crippen LogP contribution in [-0.4, -0.2) is 34.9 Å². The van der Waals surface area contributed by atoms with Gasteiger partial charge in [-0.1, -0.05) is 162 Å². The van der Waals surface area contributed by atoms with Gasteiger partial charge in [-0.15, -0.1) is 0 Å². The quantitative estimate of drug-likeness (QED) is 0.0705. The van der Waals surface area contributed by atoms with Crippen molar-refractivity contribution in [2.45, 2.75) is 280 Å². The Morgan fingerprint density at radius 1 is 0.350 bits per heavy atom. The third-order valence-electron chi connectivity index (χ3n) is 23.7. The zero-order valence-corrected chi connectivity index (χ0v) is 52.1. The zero-order chi connectivity index (χ0) is 57.1. The first-order chi connectivity index (χ1) is 38.8. The van der Waals surface area contributed by atoms with Gasteiger partial charge in [0.1, 0.15) is 35.5 Å². The maximum absolute atomic E-state index is 15.0. The molecule has 0 radical (unpaired) electrons. The maximum Gasteiger partial charge on any atom is 0.309 e. The predicted molar refractivity (Wildman–Crippen MR) is 325 cm³/mol. The lowest BCUT2D eigenvalue weighted by molar-refractivity contribution is -0.154. The third kappa shape index (κ3) is 16.9. The summed E-state index contributed by atoms with van der Waals surface area (Å²) in [5, 5.41) is 0. The number of ether oxygens (including phenoxy) is 1. The SMILES string of the molecule is CC[C@H](C(=O)C[C@H]1CCCCC1[C@H](CC)C(=O)C[C@H]1CCCCC1[C@H](CC)C(=O)OCc1ccccc1)C1CCCC[C@@H]1CC(=O)[C@@H](CC)C1CCCC[C@@H]1CC(=O)[C@@H](CC)C1CCCC[C@@H]1CC(=O)[C@@H](CC)C1CCCC[C@@H]1C. The van der Waals surface area contributed by atoms with E-state index in [0.29, 0.717) is 84.7 Å². The summed E-state index contributed by atoms with van der Waals surface area (Å²) in [5.41, 5.74) is 0.991. The van der Waals surface area contributed by atoms with Gasteiger partial charge in [0.2, 0.25) is 0 Å². The molecule has 0 heterocycles. The minimum atomic E-state index is -0.202. The summed E-state index contributed by atoms with van der Waals surface area (Å²) in [6.07, 6.45) is 34.1. The van der Waals surface area contributed by atoms with E-state index in [9.17, 15) is 24.0 Å². The average Bonchev–Trinajstić information content (AvgIpc) is 3.48. The molecule has 0 N–H and O–H groups in total. The van der Waals surface area contributed by atoms with Crippen molar-refractivity contribution in [1.82, 2.24) is 0 Å². The van der Waals surface area contributed by atoms with Crippen LogP contribution in [0.3, 0.4) is 0 Å². The Hall–Kier alpha value is -2.96. The standard InChI is InChI=1S/C73H116O7/c1-8-56(62-37-23-17-29-49(62)7)68(74)43-51-32-18-24-38-63(51)57(9-2)69(75)44-52-33-19-25-39-64(52)58(10-3)70(76)45-53-34-20-26-40-65(53)59(11-4)71(77)46-54-35-21-27-41-66(54)60(12-5)72(78)47-55-36-22-28-42-67(55)61(13-6)73(79)80-48-50-30-15-14-16-31-50/h14-16,30-31,49,51-67H,8-13,17-29,32-48H2,1-7H3/t49-,51+,52+,53+,54+,55+,56-,57-,58-,59-,60-,61-,62?,63?,64?,65?,66?,67?/m0/s1. The molecule has 1 aromatic carbocycles. The number of hydrogen-bond acceptors (Lipinski definition) is 7. The van der Waals surface area contributed by atoms with Crippen molar-refractivity contribution in [3.63, 3.8) is 0 Å². The molecule has 0 bridgehead atoms. The van der Waals surface area contributed by atoms with Crippen molar-refractivity contribution < 1.29 is 33.5 Å². The van der Waals surface area contributed by atoms with Crippen LogP contribution in [0.25, 0.3) is 0 Å². The molecule has 6 unspecified atom stereocenters. The summed E-state index contributed by atoms with van der Waals surface area (Å²) in [7, 11) is 0. The molecule has 0 aliphatic heterocycles.